The average Bonchev–Trinajstić information content (AvgIpc) is 2.77. The van der Waals surface area contributed by atoms with Gasteiger partial charge in [0.05, 0.1) is 0 Å². The molecule has 2 N–H and O–H groups in total. The molecular formula is C14H20F2N2. The number of hydrogen-bond acceptors (Lipinski definition) is 2. The molecule has 1 unspecified atom stereocenters. The lowest BCUT2D eigenvalue weighted by Gasteiger charge is -2.21. The number of anilines is 1. The number of nitrogens with two attached hydrogens (primary N) is 1. The van der Waals surface area contributed by atoms with E-state index < -0.39 is 11.6 Å². The number of nitrogens with zero attached hydrogens (tertiary/aromatic N) is 1. The molecule has 1 aliphatic rings. The van der Waals surface area contributed by atoms with E-state index in [1.165, 1.54) is 12.1 Å². The number of hydrogen-bond donors (Lipinski definition) is 1. The lowest BCUT2D eigenvalue weighted by molar-refractivity contribution is 0.422. The van der Waals surface area contributed by atoms with Gasteiger partial charge < -0.3 is 10.6 Å². The number of rotatable bonds is 3. The minimum Gasteiger partial charge on any atom is -0.366 e. The van der Waals surface area contributed by atoms with Crippen molar-refractivity contribution in [3.05, 3.63) is 29.3 Å². The first kappa shape index (κ1) is 13.3. The molecule has 0 aliphatic carbocycles. The highest BCUT2D eigenvalue weighted by Crippen LogP contribution is 2.32. The molecule has 0 bridgehead atoms. The highest BCUT2D eigenvalue weighted by atomic mass is 19.1. The minimum absolute atomic E-state index is 0.107. The SMILES string of the molecule is CC(C)C1CCN(c2c(F)cc(CN)cc2F)C1. The molecule has 0 amide bonds. The fourth-order valence-electron chi connectivity index (χ4n) is 2.57. The zero-order chi connectivity index (χ0) is 13.3. The minimum atomic E-state index is -0.500. The molecule has 0 spiro atoms. The van der Waals surface area contributed by atoms with Gasteiger partial charge in [-0.1, -0.05) is 13.8 Å². The molecular weight excluding hydrogens is 234 g/mol. The first-order chi connectivity index (χ1) is 8.52. The van der Waals surface area contributed by atoms with Crippen molar-refractivity contribution in [3.8, 4) is 0 Å². The van der Waals surface area contributed by atoms with E-state index in [-0.39, 0.29) is 12.2 Å². The van der Waals surface area contributed by atoms with Crippen molar-refractivity contribution in [1.82, 2.24) is 0 Å². The Hall–Kier alpha value is -1.16. The summed E-state index contributed by atoms with van der Waals surface area (Å²) in [5.41, 5.74) is 6.01. The predicted molar refractivity (Wildman–Crippen MR) is 69.4 cm³/mol. The van der Waals surface area contributed by atoms with Gasteiger partial charge in [-0.15, -0.1) is 0 Å². The van der Waals surface area contributed by atoms with Gasteiger partial charge in [0.25, 0.3) is 0 Å². The molecule has 1 aromatic carbocycles. The van der Waals surface area contributed by atoms with E-state index >= 15 is 0 Å². The van der Waals surface area contributed by atoms with E-state index in [0.29, 0.717) is 17.4 Å². The smallest absolute Gasteiger partial charge is 0.149 e. The fraction of sp³-hybridized carbons (Fsp3) is 0.571. The molecule has 2 rings (SSSR count). The lowest BCUT2D eigenvalue weighted by atomic mass is 9.95. The van der Waals surface area contributed by atoms with E-state index in [4.69, 9.17) is 5.73 Å². The molecule has 1 heterocycles. The van der Waals surface area contributed by atoms with Crippen molar-refractivity contribution in [2.24, 2.45) is 17.6 Å². The van der Waals surface area contributed by atoms with E-state index in [9.17, 15) is 8.78 Å². The Morgan fingerprint density at radius 1 is 1.33 bits per heavy atom. The normalized spacial score (nSPS) is 19.9. The predicted octanol–water partition coefficient (Wildman–Crippen LogP) is 2.91. The average molecular weight is 254 g/mol. The number of halogens is 2. The van der Waals surface area contributed by atoms with Crippen LogP contribution in [-0.2, 0) is 6.54 Å². The monoisotopic (exact) mass is 254 g/mol. The maximum atomic E-state index is 13.9. The Labute approximate surface area is 107 Å². The third kappa shape index (κ3) is 2.48. The van der Waals surface area contributed by atoms with Gasteiger partial charge in [-0.25, -0.2) is 8.78 Å². The number of benzene rings is 1. The van der Waals surface area contributed by atoms with Crippen LogP contribution >= 0.6 is 0 Å². The molecule has 0 aromatic heterocycles. The van der Waals surface area contributed by atoms with Gasteiger partial charge in [-0.2, -0.15) is 0 Å². The summed E-state index contributed by atoms with van der Waals surface area (Å²) in [5.74, 6) is 0.0575. The summed E-state index contributed by atoms with van der Waals surface area (Å²) in [6.45, 7) is 5.91. The third-order valence-electron chi connectivity index (χ3n) is 3.80. The first-order valence-electron chi connectivity index (χ1n) is 6.46. The van der Waals surface area contributed by atoms with Crippen molar-refractivity contribution in [2.45, 2.75) is 26.8 Å². The molecule has 0 saturated carbocycles. The summed E-state index contributed by atoms with van der Waals surface area (Å²) < 4.78 is 27.9. The summed E-state index contributed by atoms with van der Waals surface area (Å²) in [6.07, 6.45) is 0.995. The maximum absolute atomic E-state index is 13.9. The van der Waals surface area contributed by atoms with Gasteiger partial charge in [0.1, 0.15) is 17.3 Å². The highest BCUT2D eigenvalue weighted by Gasteiger charge is 2.28. The molecule has 18 heavy (non-hydrogen) atoms. The summed E-state index contributed by atoms with van der Waals surface area (Å²) in [5, 5.41) is 0. The molecule has 1 saturated heterocycles. The van der Waals surface area contributed by atoms with Gasteiger partial charge in [-0.05, 0) is 36.0 Å². The second kappa shape index (κ2) is 5.22. The second-order valence-electron chi connectivity index (χ2n) is 5.35. The third-order valence-corrected chi connectivity index (χ3v) is 3.80. The van der Waals surface area contributed by atoms with E-state index in [1.807, 2.05) is 4.90 Å². The van der Waals surface area contributed by atoms with Crippen LogP contribution in [0.3, 0.4) is 0 Å². The second-order valence-corrected chi connectivity index (χ2v) is 5.35. The molecule has 100 valence electrons. The van der Waals surface area contributed by atoms with Crippen LogP contribution < -0.4 is 10.6 Å². The van der Waals surface area contributed by atoms with Gasteiger partial charge in [0.15, 0.2) is 0 Å². The Bertz CT molecular complexity index is 409. The molecule has 0 radical (unpaired) electrons. The van der Waals surface area contributed by atoms with Crippen LogP contribution in [0.25, 0.3) is 0 Å². The van der Waals surface area contributed by atoms with Crippen molar-refractivity contribution >= 4 is 5.69 Å². The summed E-state index contributed by atoms with van der Waals surface area (Å²) >= 11 is 0. The van der Waals surface area contributed by atoms with Gasteiger partial charge in [0, 0.05) is 19.6 Å². The fourth-order valence-corrected chi connectivity index (χ4v) is 2.57. The van der Waals surface area contributed by atoms with E-state index in [1.54, 1.807) is 0 Å². The van der Waals surface area contributed by atoms with Crippen LogP contribution in [0.15, 0.2) is 12.1 Å². The van der Waals surface area contributed by atoms with Crippen LogP contribution in [0, 0.1) is 23.5 Å². The van der Waals surface area contributed by atoms with E-state index in [2.05, 4.69) is 13.8 Å². The highest BCUT2D eigenvalue weighted by molar-refractivity contribution is 5.51. The molecule has 1 aromatic rings. The maximum Gasteiger partial charge on any atom is 0.149 e. The van der Waals surface area contributed by atoms with Crippen LogP contribution in [0.1, 0.15) is 25.8 Å². The van der Waals surface area contributed by atoms with Crippen molar-refractivity contribution in [1.29, 1.82) is 0 Å². The van der Waals surface area contributed by atoms with Crippen molar-refractivity contribution < 1.29 is 8.78 Å². The molecule has 1 fully saturated rings. The quantitative estimate of drug-likeness (QED) is 0.898. The molecule has 4 heteroatoms. The van der Waals surface area contributed by atoms with Crippen LogP contribution in [0.4, 0.5) is 14.5 Å². The summed E-state index contributed by atoms with van der Waals surface area (Å²) in [4.78, 5) is 1.82. The Kier molecular flexibility index (Phi) is 3.85. The van der Waals surface area contributed by atoms with Crippen molar-refractivity contribution in [2.75, 3.05) is 18.0 Å². The zero-order valence-electron chi connectivity index (χ0n) is 10.9. The molecule has 1 atom stereocenters. The lowest BCUT2D eigenvalue weighted by Crippen LogP contribution is -2.23. The Morgan fingerprint density at radius 3 is 2.39 bits per heavy atom. The standard InChI is InChI=1S/C14H20F2N2/c1-9(2)11-3-4-18(8-11)14-12(15)5-10(7-17)6-13(14)16/h5-6,9,11H,3-4,7-8,17H2,1-2H3. The topological polar surface area (TPSA) is 29.3 Å². The van der Waals surface area contributed by atoms with Crippen LogP contribution in [0.2, 0.25) is 0 Å². The van der Waals surface area contributed by atoms with Crippen LogP contribution in [0.5, 0.6) is 0 Å². The largest absolute Gasteiger partial charge is 0.366 e. The molecule has 1 aliphatic heterocycles. The van der Waals surface area contributed by atoms with Gasteiger partial charge in [0.2, 0.25) is 0 Å². The van der Waals surface area contributed by atoms with Gasteiger partial charge in [-0.3, -0.25) is 0 Å². The molecule has 2 nitrogen and oxygen atoms in total. The Balaban J connectivity index is 2.24. The van der Waals surface area contributed by atoms with E-state index in [0.717, 1.165) is 19.5 Å². The summed E-state index contributed by atoms with van der Waals surface area (Å²) in [7, 11) is 0. The summed E-state index contributed by atoms with van der Waals surface area (Å²) in [6, 6.07) is 2.67. The van der Waals surface area contributed by atoms with Gasteiger partial charge >= 0.3 is 0 Å². The van der Waals surface area contributed by atoms with Crippen molar-refractivity contribution in [3.63, 3.8) is 0 Å². The van der Waals surface area contributed by atoms with Crippen LogP contribution in [-0.4, -0.2) is 13.1 Å². The Morgan fingerprint density at radius 2 is 1.94 bits per heavy atom. The first-order valence-corrected chi connectivity index (χ1v) is 6.46. The zero-order valence-corrected chi connectivity index (χ0v) is 10.9.